The first-order valence-electron chi connectivity index (χ1n) is 5.76. The molecule has 19 heavy (non-hydrogen) atoms. The predicted molar refractivity (Wildman–Crippen MR) is 80.0 cm³/mol. The molecule has 1 aromatic carbocycles. The summed E-state index contributed by atoms with van der Waals surface area (Å²) < 4.78 is 26.0. The van der Waals surface area contributed by atoms with Crippen LogP contribution in [0.15, 0.2) is 60.3 Å². The first-order valence-corrected chi connectivity index (χ1v) is 8.32. The van der Waals surface area contributed by atoms with E-state index in [0.29, 0.717) is 11.8 Å². The fourth-order valence-electron chi connectivity index (χ4n) is 1.73. The van der Waals surface area contributed by atoms with E-state index in [2.05, 4.69) is 22.5 Å². The van der Waals surface area contributed by atoms with Crippen molar-refractivity contribution >= 4 is 26.0 Å². The topological polar surface area (TPSA) is 39.1 Å². The Morgan fingerprint density at radius 3 is 2.42 bits per heavy atom. The van der Waals surface area contributed by atoms with Gasteiger partial charge in [0.2, 0.25) is 0 Å². The van der Waals surface area contributed by atoms with Gasteiger partial charge in [-0.3, -0.25) is 0 Å². The van der Waals surface area contributed by atoms with E-state index in [1.165, 1.54) is 3.97 Å². The second-order valence-electron chi connectivity index (χ2n) is 4.13. The van der Waals surface area contributed by atoms with Crippen LogP contribution in [0, 0.1) is 0 Å². The third kappa shape index (κ3) is 2.98. The number of allylic oxidation sites excluding steroid dienone is 1. The molecule has 5 heteroatoms. The van der Waals surface area contributed by atoms with Crippen LogP contribution < -0.4 is 0 Å². The van der Waals surface area contributed by atoms with Crippen molar-refractivity contribution in [3.05, 3.63) is 66.5 Å². The van der Waals surface area contributed by atoms with Crippen molar-refractivity contribution in [3.63, 3.8) is 0 Å². The summed E-state index contributed by atoms with van der Waals surface area (Å²) in [5, 5.41) is 0.709. The van der Waals surface area contributed by atoms with Gasteiger partial charge in [-0.15, -0.1) is 6.58 Å². The van der Waals surface area contributed by atoms with Crippen LogP contribution in [0.3, 0.4) is 0 Å². The molecule has 0 radical (unpaired) electrons. The van der Waals surface area contributed by atoms with Crippen LogP contribution in [0.25, 0.3) is 0 Å². The Kier molecular flexibility index (Phi) is 4.27. The van der Waals surface area contributed by atoms with Crippen LogP contribution in [-0.4, -0.2) is 12.4 Å². The summed E-state index contributed by atoms with van der Waals surface area (Å²) in [7, 11) is -3.49. The Balaban J connectivity index is 2.36. The van der Waals surface area contributed by atoms with Gasteiger partial charge in [0.05, 0.1) is 4.90 Å². The summed E-state index contributed by atoms with van der Waals surface area (Å²) in [4.78, 5) is 0.290. The normalized spacial score (nSPS) is 11.4. The molecule has 0 fully saturated rings. The zero-order chi connectivity index (χ0) is 13.9. The second-order valence-corrected chi connectivity index (χ2v) is 6.53. The zero-order valence-corrected chi connectivity index (χ0v) is 12.7. The van der Waals surface area contributed by atoms with Crippen LogP contribution >= 0.6 is 15.9 Å². The Labute approximate surface area is 121 Å². The first-order chi connectivity index (χ1) is 9.07. The third-order valence-corrected chi connectivity index (χ3v) is 5.06. The molecule has 2 aromatic rings. The highest BCUT2D eigenvalue weighted by molar-refractivity contribution is 9.08. The van der Waals surface area contributed by atoms with Crippen LogP contribution in [0.1, 0.15) is 11.1 Å². The van der Waals surface area contributed by atoms with E-state index in [0.717, 1.165) is 11.1 Å². The SMILES string of the molecule is C=CCc1ccn(S(=O)(=O)c2ccc(CBr)cc2)c1. The molecule has 1 aromatic heterocycles. The lowest BCUT2D eigenvalue weighted by atomic mass is 10.2. The van der Waals surface area contributed by atoms with Gasteiger partial charge in [0.1, 0.15) is 0 Å². The van der Waals surface area contributed by atoms with Gasteiger partial charge in [0.15, 0.2) is 0 Å². The van der Waals surface area contributed by atoms with Crippen molar-refractivity contribution in [1.29, 1.82) is 0 Å². The van der Waals surface area contributed by atoms with E-state index in [4.69, 9.17) is 0 Å². The quantitative estimate of drug-likeness (QED) is 0.619. The van der Waals surface area contributed by atoms with Gasteiger partial charge in [-0.1, -0.05) is 34.1 Å². The van der Waals surface area contributed by atoms with Gasteiger partial charge >= 0.3 is 0 Å². The number of benzene rings is 1. The number of hydrogen-bond acceptors (Lipinski definition) is 2. The van der Waals surface area contributed by atoms with E-state index in [1.54, 1.807) is 48.8 Å². The molecule has 0 aliphatic carbocycles. The molecule has 0 amide bonds. The minimum atomic E-state index is -3.49. The van der Waals surface area contributed by atoms with Gasteiger partial charge in [0, 0.05) is 17.7 Å². The lowest BCUT2D eigenvalue weighted by Crippen LogP contribution is -2.10. The highest BCUT2D eigenvalue weighted by Gasteiger charge is 2.16. The molecule has 0 bridgehead atoms. The fraction of sp³-hybridized carbons (Fsp3) is 0.143. The Morgan fingerprint density at radius 2 is 1.84 bits per heavy atom. The molecule has 3 nitrogen and oxygen atoms in total. The van der Waals surface area contributed by atoms with E-state index in [9.17, 15) is 8.42 Å². The van der Waals surface area contributed by atoms with Crippen molar-refractivity contribution < 1.29 is 8.42 Å². The number of rotatable bonds is 5. The monoisotopic (exact) mass is 339 g/mol. The van der Waals surface area contributed by atoms with E-state index in [-0.39, 0.29) is 4.90 Å². The van der Waals surface area contributed by atoms with Crippen molar-refractivity contribution in [2.45, 2.75) is 16.6 Å². The number of hydrogen-bond donors (Lipinski definition) is 0. The van der Waals surface area contributed by atoms with E-state index < -0.39 is 10.0 Å². The van der Waals surface area contributed by atoms with Crippen molar-refractivity contribution in [3.8, 4) is 0 Å². The lowest BCUT2D eigenvalue weighted by Gasteiger charge is -2.06. The number of nitrogens with zero attached hydrogens (tertiary/aromatic N) is 1. The van der Waals surface area contributed by atoms with E-state index in [1.807, 2.05) is 0 Å². The molecular formula is C14H14BrNO2S. The smallest absolute Gasteiger partial charge is 0.249 e. The molecule has 0 aliphatic rings. The molecule has 1 heterocycles. The molecular weight excluding hydrogens is 326 g/mol. The number of aromatic nitrogens is 1. The Bertz CT molecular complexity index is 672. The average Bonchev–Trinajstić information content (AvgIpc) is 2.89. The number of halogens is 1. The summed E-state index contributed by atoms with van der Waals surface area (Å²) in [5.41, 5.74) is 1.97. The summed E-state index contributed by atoms with van der Waals surface area (Å²) in [6.45, 7) is 3.64. The first kappa shape index (κ1) is 14.1. The maximum Gasteiger partial charge on any atom is 0.267 e. The highest BCUT2D eigenvalue weighted by atomic mass is 79.9. The molecule has 0 unspecified atom stereocenters. The van der Waals surface area contributed by atoms with Crippen LogP contribution in [0.5, 0.6) is 0 Å². The predicted octanol–water partition coefficient (Wildman–Crippen LogP) is 3.35. The molecule has 0 aliphatic heterocycles. The van der Waals surface area contributed by atoms with Crippen molar-refractivity contribution in [2.24, 2.45) is 0 Å². The largest absolute Gasteiger partial charge is 0.267 e. The zero-order valence-electron chi connectivity index (χ0n) is 10.3. The third-order valence-electron chi connectivity index (χ3n) is 2.76. The fourth-order valence-corrected chi connectivity index (χ4v) is 3.32. The molecule has 0 N–H and O–H groups in total. The van der Waals surface area contributed by atoms with Gasteiger partial charge in [-0.25, -0.2) is 12.4 Å². The Morgan fingerprint density at radius 1 is 1.16 bits per heavy atom. The van der Waals surface area contributed by atoms with Crippen molar-refractivity contribution in [2.75, 3.05) is 0 Å². The minimum absolute atomic E-state index is 0.290. The highest BCUT2D eigenvalue weighted by Crippen LogP contribution is 2.17. The number of alkyl halides is 1. The van der Waals surface area contributed by atoms with Gasteiger partial charge in [-0.05, 0) is 35.7 Å². The maximum atomic E-state index is 12.4. The van der Waals surface area contributed by atoms with Crippen LogP contribution in [-0.2, 0) is 21.8 Å². The molecule has 0 atom stereocenters. The Hall–Kier alpha value is -1.33. The van der Waals surface area contributed by atoms with Gasteiger partial charge in [-0.2, -0.15) is 0 Å². The molecule has 0 saturated carbocycles. The summed E-state index contributed by atoms with van der Waals surface area (Å²) in [6, 6.07) is 8.63. The van der Waals surface area contributed by atoms with Crippen molar-refractivity contribution in [1.82, 2.24) is 3.97 Å². The second kappa shape index (κ2) is 5.75. The molecule has 2 rings (SSSR count). The molecule has 0 spiro atoms. The minimum Gasteiger partial charge on any atom is -0.249 e. The van der Waals surface area contributed by atoms with Gasteiger partial charge in [0.25, 0.3) is 10.0 Å². The van der Waals surface area contributed by atoms with Crippen LogP contribution in [0.4, 0.5) is 0 Å². The van der Waals surface area contributed by atoms with Crippen LogP contribution in [0.2, 0.25) is 0 Å². The standard InChI is InChI=1S/C14H14BrNO2S/c1-2-3-13-8-9-16(11-13)19(17,18)14-6-4-12(10-15)5-7-14/h2,4-9,11H,1,3,10H2. The summed E-state index contributed by atoms with van der Waals surface area (Å²) >= 11 is 3.33. The van der Waals surface area contributed by atoms with E-state index >= 15 is 0 Å². The maximum absolute atomic E-state index is 12.4. The molecule has 100 valence electrons. The molecule has 0 saturated heterocycles. The lowest BCUT2D eigenvalue weighted by molar-refractivity contribution is 0.587. The summed E-state index contributed by atoms with van der Waals surface area (Å²) in [6.07, 6.45) is 5.59. The summed E-state index contributed by atoms with van der Waals surface area (Å²) in [5.74, 6) is 0. The average molecular weight is 340 g/mol. The van der Waals surface area contributed by atoms with Gasteiger partial charge < -0.3 is 0 Å².